The van der Waals surface area contributed by atoms with Crippen LogP contribution in [0.5, 0.6) is 5.75 Å². The van der Waals surface area contributed by atoms with Gasteiger partial charge >= 0.3 is 0 Å². The molecule has 3 aromatic carbocycles. The number of carbonyl (C=O) groups is 1. The zero-order valence-corrected chi connectivity index (χ0v) is 24.1. The lowest BCUT2D eigenvalue weighted by Gasteiger charge is -2.11. The molecule has 0 aliphatic rings. The number of nitrogens with zero attached hydrogens (tertiary/aromatic N) is 3. The van der Waals surface area contributed by atoms with Crippen molar-refractivity contribution < 1.29 is 17.9 Å². The van der Waals surface area contributed by atoms with E-state index in [0.29, 0.717) is 29.6 Å². The Balaban J connectivity index is 1.34. The number of methoxy groups -OCH3 is 1. The Hall–Kier alpha value is -4.32. The molecule has 0 radical (unpaired) electrons. The van der Waals surface area contributed by atoms with Gasteiger partial charge in [-0.3, -0.25) is 4.79 Å². The van der Waals surface area contributed by atoms with Crippen molar-refractivity contribution >= 4 is 33.3 Å². The molecular formula is C30H34N6O4S. The van der Waals surface area contributed by atoms with Crippen LogP contribution in [0.15, 0.2) is 90.0 Å². The normalized spacial score (nSPS) is 11.3. The van der Waals surface area contributed by atoms with Gasteiger partial charge in [0.2, 0.25) is 21.9 Å². The lowest BCUT2D eigenvalue weighted by Crippen LogP contribution is -2.27. The maximum absolute atomic E-state index is 12.5. The van der Waals surface area contributed by atoms with Gasteiger partial charge in [-0.25, -0.2) is 23.1 Å². The minimum Gasteiger partial charge on any atom is -0.497 e. The zero-order chi connectivity index (χ0) is 29.2. The van der Waals surface area contributed by atoms with Gasteiger partial charge < -0.3 is 20.3 Å². The maximum Gasteiger partial charge on any atom is 0.240 e. The summed E-state index contributed by atoms with van der Waals surface area (Å²) in [5, 5.41) is 6.03. The van der Waals surface area contributed by atoms with Gasteiger partial charge in [-0.1, -0.05) is 24.3 Å². The molecule has 0 atom stereocenters. The first-order chi connectivity index (χ1) is 19.7. The molecule has 0 bridgehead atoms. The number of rotatable bonds is 13. The lowest BCUT2D eigenvalue weighted by molar-refractivity contribution is -0.115. The van der Waals surface area contributed by atoms with Gasteiger partial charge in [0.05, 0.1) is 24.1 Å². The molecule has 4 aromatic rings. The van der Waals surface area contributed by atoms with Crippen LogP contribution in [-0.4, -0.2) is 63.5 Å². The Morgan fingerprint density at radius 3 is 2.24 bits per heavy atom. The molecule has 11 heteroatoms. The SMILES string of the molecule is COc1ccc(CC(=O)Nc2ccc(-c3ccnc(Nc4ccc(S(=O)(=O)NCCCN(C)C)cc4)n3)cc2)cc1. The number of ether oxygens (including phenoxy) is 1. The highest BCUT2D eigenvalue weighted by Gasteiger charge is 2.13. The highest BCUT2D eigenvalue weighted by atomic mass is 32.2. The van der Waals surface area contributed by atoms with E-state index < -0.39 is 10.0 Å². The fraction of sp³-hybridized carbons (Fsp3) is 0.233. The van der Waals surface area contributed by atoms with E-state index in [2.05, 4.69) is 25.3 Å². The second-order valence-corrected chi connectivity index (χ2v) is 11.4. The van der Waals surface area contributed by atoms with E-state index in [4.69, 9.17) is 4.74 Å². The van der Waals surface area contributed by atoms with Gasteiger partial charge in [-0.2, -0.15) is 0 Å². The molecule has 0 aliphatic heterocycles. The largest absolute Gasteiger partial charge is 0.497 e. The number of anilines is 3. The summed E-state index contributed by atoms with van der Waals surface area (Å²) in [6.45, 7) is 1.18. The Morgan fingerprint density at radius 1 is 0.902 bits per heavy atom. The Bertz CT molecular complexity index is 1540. The molecule has 10 nitrogen and oxygen atoms in total. The number of hydrogen-bond acceptors (Lipinski definition) is 8. The molecule has 0 spiro atoms. The molecule has 1 amide bonds. The summed E-state index contributed by atoms with van der Waals surface area (Å²) in [4.78, 5) is 23.5. The average molecular weight is 575 g/mol. The first-order valence-corrected chi connectivity index (χ1v) is 14.6. The summed E-state index contributed by atoms with van der Waals surface area (Å²) in [6.07, 6.45) is 2.63. The number of amides is 1. The molecule has 0 fully saturated rings. The van der Waals surface area contributed by atoms with Crippen molar-refractivity contribution in [1.29, 1.82) is 0 Å². The summed E-state index contributed by atoms with van der Waals surface area (Å²) in [6, 6.07) is 23.0. The van der Waals surface area contributed by atoms with Gasteiger partial charge in [0, 0.05) is 29.7 Å². The van der Waals surface area contributed by atoms with E-state index in [-0.39, 0.29) is 17.2 Å². The third-order valence-electron chi connectivity index (χ3n) is 6.14. The van der Waals surface area contributed by atoms with Gasteiger partial charge in [0.15, 0.2) is 0 Å². The molecule has 214 valence electrons. The van der Waals surface area contributed by atoms with Crippen molar-refractivity contribution in [2.45, 2.75) is 17.7 Å². The topological polar surface area (TPSA) is 126 Å². The molecular weight excluding hydrogens is 540 g/mol. The van der Waals surface area contributed by atoms with Crippen LogP contribution in [0.25, 0.3) is 11.3 Å². The summed E-state index contributed by atoms with van der Waals surface area (Å²) >= 11 is 0. The van der Waals surface area contributed by atoms with Crippen molar-refractivity contribution in [3.05, 3.63) is 90.6 Å². The molecule has 4 rings (SSSR count). The van der Waals surface area contributed by atoms with Crippen LogP contribution in [-0.2, 0) is 21.2 Å². The van der Waals surface area contributed by atoms with Crippen molar-refractivity contribution in [3.63, 3.8) is 0 Å². The fourth-order valence-corrected chi connectivity index (χ4v) is 5.04. The maximum atomic E-state index is 12.5. The minimum absolute atomic E-state index is 0.115. The van der Waals surface area contributed by atoms with E-state index >= 15 is 0 Å². The molecule has 1 heterocycles. The molecule has 3 N–H and O–H groups in total. The summed E-state index contributed by atoms with van der Waals surface area (Å²) in [5.74, 6) is 1.00. The van der Waals surface area contributed by atoms with E-state index in [9.17, 15) is 13.2 Å². The van der Waals surface area contributed by atoms with E-state index in [1.807, 2.05) is 67.5 Å². The van der Waals surface area contributed by atoms with E-state index in [1.54, 1.807) is 43.6 Å². The number of benzene rings is 3. The van der Waals surface area contributed by atoms with Crippen LogP contribution < -0.4 is 20.1 Å². The first-order valence-electron chi connectivity index (χ1n) is 13.1. The van der Waals surface area contributed by atoms with Crippen LogP contribution in [0.4, 0.5) is 17.3 Å². The predicted octanol–water partition coefficient (Wildman–Crippen LogP) is 4.31. The van der Waals surface area contributed by atoms with Gasteiger partial charge in [-0.15, -0.1) is 0 Å². The Labute approximate surface area is 240 Å². The van der Waals surface area contributed by atoms with Crippen LogP contribution in [0.2, 0.25) is 0 Å². The second kappa shape index (κ2) is 13.8. The standard InChI is InChI=1S/C30H34N6O4S/c1-36(2)20-4-18-32-41(38,39)27-15-11-25(12-16-27)34-30-31-19-17-28(35-30)23-7-9-24(10-8-23)33-29(37)21-22-5-13-26(40-3)14-6-22/h5-17,19,32H,4,18,20-21H2,1-3H3,(H,33,37)(H,31,34,35). The van der Waals surface area contributed by atoms with Crippen molar-refractivity contribution in [2.24, 2.45) is 0 Å². The molecule has 0 unspecified atom stereocenters. The van der Waals surface area contributed by atoms with Crippen molar-refractivity contribution in [2.75, 3.05) is 44.9 Å². The lowest BCUT2D eigenvalue weighted by atomic mass is 10.1. The summed E-state index contributed by atoms with van der Waals surface area (Å²) in [7, 11) is 1.92. The molecule has 0 saturated carbocycles. The molecule has 41 heavy (non-hydrogen) atoms. The number of nitrogens with one attached hydrogen (secondary N) is 3. The number of carbonyl (C=O) groups excluding carboxylic acids is 1. The van der Waals surface area contributed by atoms with Crippen LogP contribution >= 0.6 is 0 Å². The quantitative estimate of drug-likeness (QED) is 0.202. The van der Waals surface area contributed by atoms with Crippen LogP contribution in [0, 0.1) is 0 Å². The average Bonchev–Trinajstić information content (AvgIpc) is 2.96. The third-order valence-corrected chi connectivity index (χ3v) is 7.62. The number of hydrogen-bond donors (Lipinski definition) is 3. The predicted molar refractivity (Wildman–Crippen MR) is 161 cm³/mol. The van der Waals surface area contributed by atoms with Gasteiger partial charge in [0.25, 0.3) is 0 Å². The summed E-state index contributed by atoms with van der Waals surface area (Å²) < 4.78 is 32.9. The highest BCUT2D eigenvalue weighted by Crippen LogP contribution is 2.22. The fourth-order valence-electron chi connectivity index (χ4n) is 3.97. The van der Waals surface area contributed by atoms with Gasteiger partial charge in [-0.05, 0) is 87.2 Å². The van der Waals surface area contributed by atoms with Crippen LogP contribution in [0.1, 0.15) is 12.0 Å². The number of sulfonamides is 1. The van der Waals surface area contributed by atoms with E-state index in [0.717, 1.165) is 29.8 Å². The molecule has 0 saturated heterocycles. The third kappa shape index (κ3) is 8.84. The summed E-state index contributed by atoms with van der Waals surface area (Å²) in [5.41, 5.74) is 3.78. The Morgan fingerprint density at radius 2 is 1.59 bits per heavy atom. The highest BCUT2D eigenvalue weighted by molar-refractivity contribution is 7.89. The monoisotopic (exact) mass is 574 g/mol. The van der Waals surface area contributed by atoms with E-state index in [1.165, 1.54) is 0 Å². The smallest absolute Gasteiger partial charge is 0.240 e. The van der Waals surface area contributed by atoms with Crippen LogP contribution in [0.3, 0.4) is 0 Å². The zero-order valence-electron chi connectivity index (χ0n) is 23.3. The van der Waals surface area contributed by atoms with Crippen molar-refractivity contribution in [3.8, 4) is 17.0 Å². The molecule has 1 aromatic heterocycles. The minimum atomic E-state index is -3.58. The van der Waals surface area contributed by atoms with Crippen molar-refractivity contribution in [1.82, 2.24) is 19.6 Å². The second-order valence-electron chi connectivity index (χ2n) is 9.62. The first kappa shape index (κ1) is 29.7. The Kier molecular flexibility index (Phi) is 10.0. The number of aromatic nitrogens is 2. The molecule has 0 aliphatic carbocycles. The van der Waals surface area contributed by atoms with Gasteiger partial charge in [0.1, 0.15) is 5.75 Å².